The van der Waals surface area contributed by atoms with E-state index in [0.29, 0.717) is 42.9 Å². The first-order valence-corrected chi connectivity index (χ1v) is 10.8. The van der Waals surface area contributed by atoms with Gasteiger partial charge in [-0.2, -0.15) is 0 Å². The molecule has 0 radical (unpaired) electrons. The Morgan fingerprint density at radius 3 is 3.09 bits per heavy atom. The minimum absolute atomic E-state index is 0.0532. The van der Waals surface area contributed by atoms with Crippen LogP contribution in [0.5, 0.6) is 5.75 Å². The third kappa shape index (κ3) is 3.81. The highest BCUT2D eigenvalue weighted by Gasteiger charge is 2.37. The third-order valence-corrected chi connectivity index (χ3v) is 5.84. The van der Waals surface area contributed by atoms with Crippen molar-refractivity contribution in [1.29, 1.82) is 5.53 Å². The first-order chi connectivity index (χ1) is 16.6. The summed E-state index contributed by atoms with van der Waals surface area (Å²) in [6.45, 7) is 3.92. The van der Waals surface area contributed by atoms with E-state index in [1.807, 2.05) is 18.3 Å². The Morgan fingerprint density at radius 1 is 1.38 bits per heavy atom. The van der Waals surface area contributed by atoms with Gasteiger partial charge in [0.25, 0.3) is 0 Å². The number of pyridine rings is 1. The fourth-order valence-corrected chi connectivity index (χ4v) is 4.27. The molecule has 2 atom stereocenters. The maximum Gasteiger partial charge on any atom is 0.360 e. The van der Waals surface area contributed by atoms with E-state index in [-0.39, 0.29) is 24.3 Å². The molecule has 0 saturated carbocycles. The Hall–Kier alpha value is -4.06. The number of anilines is 1. The molecule has 3 aromatic rings. The topological polar surface area (TPSA) is 151 Å². The van der Waals surface area contributed by atoms with Gasteiger partial charge in [-0.3, -0.25) is 0 Å². The summed E-state index contributed by atoms with van der Waals surface area (Å²) in [7, 11) is 1.23. The Bertz CT molecular complexity index is 1270. The van der Waals surface area contributed by atoms with Crippen molar-refractivity contribution in [3.63, 3.8) is 0 Å². The van der Waals surface area contributed by atoms with E-state index in [1.165, 1.54) is 13.3 Å². The number of rotatable bonds is 6. The number of fused-ring (bicyclic) bond motifs is 4. The van der Waals surface area contributed by atoms with Crippen LogP contribution in [0, 0.1) is 5.53 Å². The standard InChI is InChI=1S/C22H24N8O4/c1-12-9-33-10-13-11-34-18-16(7-24-8-17(29-23)22(31)32-2)27-20(28-21(18)30(12)13)15-4-6-26-19-14(15)3-5-25-19/h3-6,8,12-13,23-24H,7,9-11H2,1-2H3,(H,25,26)/b17-8-,29-23?/t12-,13+/m1/s1. The highest BCUT2D eigenvalue weighted by molar-refractivity contribution is 5.91. The average molecular weight is 464 g/mol. The lowest BCUT2D eigenvalue weighted by Crippen LogP contribution is -2.56. The second kappa shape index (κ2) is 9.06. The van der Waals surface area contributed by atoms with Crippen LogP contribution in [0.15, 0.2) is 41.5 Å². The van der Waals surface area contributed by atoms with Gasteiger partial charge in [0.2, 0.25) is 0 Å². The molecule has 3 aromatic heterocycles. The van der Waals surface area contributed by atoms with Gasteiger partial charge in [-0.1, -0.05) is 0 Å². The predicted octanol–water partition coefficient (Wildman–Crippen LogP) is 2.14. The summed E-state index contributed by atoms with van der Waals surface area (Å²) >= 11 is 0. The third-order valence-electron chi connectivity index (χ3n) is 5.84. The van der Waals surface area contributed by atoms with E-state index in [1.54, 1.807) is 6.20 Å². The van der Waals surface area contributed by atoms with Gasteiger partial charge in [0.1, 0.15) is 17.9 Å². The normalized spacial score (nSPS) is 19.7. The van der Waals surface area contributed by atoms with Crippen LogP contribution in [0.3, 0.4) is 0 Å². The van der Waals surface area contributed by atoms with E-state index < -0.39 is 5.97 Å². The van der Waals surface area contributed by atoms with Crippen LogP contribution in [-0.4, -0.2) is 64.9 Å². The largest absolute Gasteiger partial charge is 0.486 e. The minimum Gasteiger partial charge on any atom is -0.486 e. The number of methoxy groups -OCH3 is 1. The summed E-state index contributed by atoms with van der Waals surface area (Å²) in [5.41, 5.74) is 9.24. The van der Waals surface area contributed by atoms with E-state index in [0.717, 1.165) is 16.6 Å². The van der Waals surface area contributed by atoms with Crippen LogP contribution < -0.4 is 15.0 Å². The summed E-state index contributed by atoms with van der Waals surface area (Å²) in [6.07, 6.45) is 4.87. The highest BCUT2D eigenvalue weighted by Crippen LogP contribution is 2.39. The molecular weight excluding hydrogens is 440 g/mol. The molecule has 2 aliphatic rings. The number of aromatic nitrogens is 4. The van der Waals surface area contributed by atoms with E-state index in [9.17, 15) is 4.79 Å². The van der Waals surface area contributed by atoms with Crippen molar-refractivity contribution in [1.82, 2.24) is 25.3 Å². The summed E-state index contributed by atoms with van der Waals surface area (Å²) in [4.78, 5) is 31.2. The molecule has 12 heteroatoms. The molecule has 3 N–H and O–H groups in total. The van der Waals surface area contributed by atoms with Crippen molar-refractivity contribution in [3.8, 4) is 17.1 Å². The van der Waals surface area contributed by atoms with Gasteiger partial charge in [-0.25, -0.2) is 25.3 Å². The Labute approximate surface area is 194 Å². The Kier molecular flexibility index (Phi) is 5.80. The number of carbonyl (C=O) groups excluding carboxylic acids is 1. The number of aromatic amines is 1. The molecule has 0 aromatic carbocycles. The number of nitrogens with one attached hydrogen (secondary N) is 3. The van der Waals surface area contributed by atoms with Gasteiger partial charge in [0.15, 0.2) is 23.1 Å². The van der Waals surface area contributed by atoms with E-state index >= 15 is 0 Å². The van der Waals surface area contributed by atoms with Crippen molar-refractivity contribution in [2.75, 3.05) is 31.8 Å². The van der Waals surface area contributed by atoms with Crippen LogP contribution in [0.25, 0.3) is 22.4 Å². The lowest BCUT2D eigenvalue weighted by Gasteiger charge is -2.44. The molecule has 0 bridgehead atoms. The monoisotopic (exact) mass is 464 g/mol. The van der Waals surface area contributed by atoms with Crippen molar-refractivity contribution in [2.45, 2.75) is 25.6 Å². The van der Waals surface area contributed by atoms with Gasteiger partial charge in [-0.15, -0.1) is 5.11 Å². The van der Waals surface area contributed by atoms with Gasteiger partial charge in [-0.05, 0) is 19.1 Å². The van der Waals surface area contributed by atoms with Gasteiger partial charge >= 0.3 is 5.97 Å². The smallest absolute Gasteiger partial charge is 0.360 e. The molecule has 0 aliphatic carbocycles. The van der Waals surface area contributed by atoms with Crippen molar-refractivity contribution >= 4 is 22.8 Å². The zero-order valence-electron chi connectivity index (χ0n) is 18.7. The molecule has 34 heavy (non-hydrogen) atoms. The summed E-state index contributed by atoms with van der Waals surface area (Å²) in [5, 5.41) is 7.12. The number of hydrogen-bond donors (Lipinski definition) is 3. The Balaban J connectivity index is 1.59. The molecule has 2 aliphatic heterocycles. The number of esters is 1. The van der Waals surface area contributed by atoms with Crippen LogP contribution in [0.2, 0.25) is 0 Å². The second-order valence-electron chi connectivity index (χ2n) is 8.02. The molecule has 176 valence electrons. The lowest BCUT2D eigenvalue weighted by atomic mass is 10.1. The van der Waals surface area contributed by atoms with Crippen LogP contribution in [0.4, 0.5) is 5.82 Å². The van der Waals surface area contributed by atoms with Gasteiger partial charge in [0.05, 0.1) is 39.0 Å². The highest BCUT2D eigenvalue weighted by atomic mass is 16.5. The summed E-state index contributed by atoms with van der Waals surface area (Å²) in [5.74, 6) is 1.11. The van der Waals surface area contributed by atoms with Gasteiger partial charge < -0.3 is 29.4 Å². The van der Waals surface area contributed by atoms with E-state index in [2.05, 4.69) is 37.0 Å². The zero-order valence-corrected chi connectivity index (χ0v) is 18.7. The molecule has 5 rings (SSSR count). The SMILES string of the molecule is COC(=O)/C(=C/NCc1nc(-c2ccnc3[nH]ccc23)nc2c1OC[C@@H]1COC[C@@H](C)N21)N=N. The van der Waals surface area contributed by atoms with Crippen LogP contribution in [0.1, 0.15) is 12.6 Å². The average Bonchev–Trinajstić information content (AvgIpc) is 3.35. The molecule has 1 saturated heterocycles. The molecule has 1 fully saturated rings. The summed E-state index contributed by atoms with van der Waals surface area (Å²) < 4.78 is 16.5. The number of carbonyl (C=O) groups is 1. The first kappa shape index (κ1) is 21.8. The Morgan fingerprint density at radius 2 is 2.26 bits per heavy atom. The van der Waals surface area contributed by atoms with Gasteiger partial charge in [0, 0.05) is 29.5 Å². The van der Waals surface area contributed by atoms with Crippen LogP contribution in [-0.2, 0) is 20.8 Å². The molecule has 0 spiro atoms. The van der Waals surface area contributed by atoms with Crippen molar-refractivity contribution in [3.05, 3.63) is 42.1 Å². The predicted molar refractivity (Wildman–Crippen MR) is 121 cm³/mol. The fourth-order valence-electron chi connectivity index (χ4n) is 4.27. The lowest BCUT2D eigenvalue weighted by molar-refractivity contribution is -0.136. The number of ether oxygens (including phenoxy) is 3. The number of morpholine rings is 1. The summed E-state index contributed by atoms with van der Waals surface area (Å²) in [6, 6.07) is 3.99. The number of H-pyrrole nitrogens is 1. The van der Waals surface area contributed by atoms with Crippen molar-refractivity contribution in [2.24, 2.45) is 5.11 Å². The van der Waals surface area contributed by atoms with E-state index in [4.69, 9.17) is 25.0 Å². The fraction of sp³-hybridized carbons (Fsp3) is 0.364. The molecule has 12 nitrogen and oxygen atoms in total. The number of hydrogen-bond acceptors (Lipinski definition) is 11. The maximum atomic E-state index is 11.7. The second-order valence-corrected chi connectivity index (χ2v) is 8.02. The first-order valence-electron chi connectivity index (χ1n) is 10.8. The minimum atomic E-state index is -0.708. The van der Waals surface area contributed by atoms with Crippen LogP contribution >= 0.6 is 0 Å². The zero-order chi connectivity index (χ0) is 23.7. The molecule has 0 amide bonds. The molecule has 0 unspecified atom stereocenters. The van der Waals surface area contributed by atoms with Crippen molar-refractivity contribution < 1.29 is 19.0 Å². The maximum absolute atomic E-state index is 11.7. The molecular formula is C22H24N8O4. The molecule has 5 heterocycles. The quantitative estimate of drug-likeness (QED) is 0.283. The number of nitrogens with zero attached hydrogens (tertiary/aromatic N) is 5.